The third kappa shape index (κ3) is 5.20. The van der Waals surface area contributed by atoms with Crippen LogP contribution in [0.4, 0.5) is 0 Å². The first kappa shape index (κ1) is 18.7. The maximum atomic E-state index is 3.44. The molecule has 0 aliphatic carbocycles. The van der Waals surface area contributed by atoms with Gasteiger partial charge in [-0.2, -0.15) is 0 Å². The Morgan fingerprint density at radius 1 is 0.875 bits per heavy atom. The minimum atomic E-state index is 0. The van der Waals surface area contributed by atoms with Gasteiger partial charge in [-0.25, -0.2) is 4.58 Å². The Morgan fingerprint density at radius 3 is 1.83 bits per heavy atom. The van der Waals surface area contributed by atoms with Gasteiger partial charge in [-0.3, -0.25) is 0 Å². The van der Waals surface area contributed by atoms with Gasteiger partial charge in [0.15, 0.2) is 18.8 Å². The van der Waals surface area contributed by atoms with Crippen LogP contribution >= 0.6 is 0 Å². The molecule has 2 aromatic rings. The Labute approximate surface area is 162 Å². The van der Waals surface area contributed by atoms with Crippen molar-refractivity contribution in [3.8, 4) is 0 Å². The molecule has 0 amide bonds. The van der Waals surface area contributed by atoms with E-state index in [4.69, 9.17) is 0 Å². The predicted octanol–water partition coefficient (Wildman–Crippen LogP) is 1.13. The van der Waals surface area contributed by atoms with Crippen molar-refractivity contribution < 1.29 is 28.6 Å². The number of allylic oxidation sites excluding steroid dienone is 1. The summed E-state index contributed by atoms with van der Waals surface area (Å²) in [5.41, 5.74) is 4.19. The molecule has 0 atom stereocenters. The molecular weight excluding hydrogens is 407 g/mol. The topological polar surface area (TPSA) is 15.0 Å². The molecule has 0 saturated carbocycles. The molecule has 24 heavy (non-hydrogen) atoms. The van der Waals surface area contributed by atoms with Gasteiger partial charge in [0.25, 0.3) is 0 Å². The fraction of sp³-hybridized carbons (Fsp3) is 0.286. The van der Waals surface area contributed by atoms with E-state index in [1.165, 1.54) is 16.8 Å². The van der Waals surface area contributed by atoms with Crippen LogP contribution in [-0.2, 0) is 13.1 Å². The normalized spacial score (nSPS) is 15.3. The van der Waals surface area contributed by atoms with Gasteiger partial charge in [-0.15, -0.1) is 0 Å². The smallest absolute Gasteiger partial charge is 0.180 e. The molecule has 0 bridgehead atoms. The van der Waals surface area contributed by atoms with E-state index >= 15 is 0 Å². The Kier molecular flexibility index (Phi) is 6.60. The first-order chi connectivity index (χ1) is 11.1. The van der Waals surface area contributed by atoms with E-state index in [1.54, 1.807) is 0 Å². The van der Waals surface area contributed by atoms with Crippen LogP contribution < -0.4 is 29.3 Å². The number of nitrogens with one attached hydrogen (secondary N) is 1. The zero-order valence-corrected chi connectivity index (χ0v) is 16.5. The molecule has 0 unspecified atom stereocenters. The molecule has 1 N–H and O–H groups in total. The molecule has 0 radical (unpaired) electrons. The maximum Gasteiger partial charge on any atom is 0.180 e. The van der Waals surface area contributed by atoms with Crippen LogP contribution in [0.3, 0.4) is 0 Å². The second-order valence-electron chi connectivity index (χ2n) is 6.86. The number of rotatable bonds is 4. The van der Waals surface area contributed by atoms with Crippen LogP contribution in [0.5, 0.6) is 0 Å². The van der Waals surface area contributed by atoms with Crippen LogP contribution in [0.25, 0.3) is 0 Å². The van der Waals surface area contributed by atoms with Crippen molar-refractivity contribution in [1.82, 2.24) is 5.32 Å². The van der Waals surface area contributed by atoms with Gasteiger partial charge in [0, 0.05) is 28.9 Å². The lowest BCUT2D eigenvalue weighted by Crippen LogP contribution is -3.00. The van der Waals surface area contributed by atoms with Crippen LogP contribution in [0.1, 0.15) is 31.4 Å². The second-order valence-corrected chi connectivity index (χ2v) is 6.86. The standard InChI is InChI=1S/C21H24N2.HI/c1-21(2)15-20(13-14-22-21)23(16-18-9-5-3-6-10-18)17-19-11-7-4-8-12-19;/h3-14H,15-17H2,1-2H3;1H. The molecule has 3 heteroatoms. The monoisotopic (exact) mass is 432 g/mol. The van der Waals surface area contributed by atoms with E-state index in [-0.39, 0.29) is 29.5 Å². The molecule has 1 aliphatic rings. The lowest BCUT2D eigenvalue weighted by Gasteiger charge is -2.28. The summed E-state index contributed by atoms with van der Waals surface area (Å²) in [4.78, 5) is 0. The van der Waals surface area contributed by atoms with Crippen molar-refractivity contribution >= 4 is 5.71 Å². The predicted molar refractivity (Wildman–Crippen MR) is 96.5 cm³/mol. The first-order valence-electron chi connectivity index (χ1n) is 8.25. The van der Waals surface area contributed by atoms with Crippen molar-refractivity contribution in [1.29, 1.82) is 0 Å². The quantitative estimate of drug-likeness (QED) is 0.566. The third-order valence-electron chi connectivity index (χ3n) is 4.21. The fourth-order valence-electron chi connectivity index (χ4n) is 3.01. The molecule has 0 fully saturated rings. The van der Waals surface area contributed by atoms with E-state index in [0.717, 1.165) is 19.5 Å². The molecule has 2 aromatic carbocycles. The molecule has 0 saturated heterocycles. The Balaban J connectivity index is 0.00000208. The highest BCUT2D eigenvalue weighted by molar-refractivity contribution is 5.92. The maximum absolute atomic E-state index is 3.44. The van der Waals surface area contributed by atoms with Gasteiger partial charge >= 0.3 is 0 Å². The highest BCUT2D eigenvalue weighted by atomic mass is 127. The highest BCUT2D eigenvalue weighted by Gasteiger charge is 2.27. The van der Waals surface area contributed by atoms with Gasteiger partial charge in [-0.1, -0.05) is 60.7 Å². The Hall–Kier alpha value is -1.62. The average Bonchev–Trinajstić information content (AvgIpc) is 2.55. The van der Waals surface area contributed by atoms with E-state index in [0.29, 0.717) is 0 Å². The van der Waals surface area contributed by atoms with E-state index in [1.807, 2.05) is 0 Å². The summed E-state index contributed by atoms with van der Waals surface area (Å²) in [7, 11) is 0. The van der Waals surface area contributed by atoms with Gasteiger partial charge in [-0.05, 0) is 13.8 Å². The van der Waals surface area contributed by atoms with Crippen molar-refractivity contribution in [2.75, 3.05) is 0 Å². The van der Waals surface area contributed by atoms with Crippen molar-refractivity contribution in [2.24, 2.45) is 0 Å². The molecular formula is C21H25IN2. The van der Waals surface area contributed by atoms with E-state index < -0.39 is 0 Å². The summed E-state index contributed by atoms with van der Waals surface area (Å²) in [6.45, 7) is 6.37. The van der Waals surface area contributed by atoms with Gasteiger partial charge in [0.05, 0.1) is 6.42 Å². The third-order valence-corrected chi connectivity index (χ3v) is 4.21. The molecule has 1 heterocycles. The Bertz CT molecular complexity index is 660. The number of benzene rings is 2. The highest BCUT2D eigenvalue weighted by Crippen LogP contribution is 2.16. The minimum absolute atomic E-state index is 0. The molecule has 0 aromatic heterocycles. The van der Waals surface area contributed by atoms with Crippen LogP contribution in [-0.4, -0.2) is 15.8 Å². The Morgan fingerprint density at radius 2 is 1.38 bits per heavy atom. The van der Waals surface area contributed by atoms with E-state index in [2.05, 4.69) is 96.7 Å². The molecule has 126 valence electrons. The number of halogens is 1. The zero-order chi connectivity index (χ0) is 16.1. The summed E-state index contributed by atoms with van der Waals surface area (Å²) in [6, 6.07) is 21.4. The minimum Gasteiger partial charge on any atom is -1.00 e. The van der Waals surface area contributed by atoms with E-state index in [9.17, 15) is 0 Å². The van der Waals surface area contributed by atoms with Crippen LogP contribution in [0.2, 0.25) is 0 Å². The van der Waals surface area contributed by atoms with Crippen molar-refractivity contribution in [2.45, 2.75) is 38.9 Å². The lowest BCUT2D eigenvalue weighted by atomic mass is 9.94. The molecule has 2 nitrogen and oxygen atoms in total. The number of nitrogens with zero attached hydrogens (tertiary/aromatic N) is 1. The lowest BCUT2D eigenvalue weighted by molar-refractivity contribution is -0.560. The first-order valence-corrected chi connectivity index (χ1v) is 8.25. The summed E-state index contributed by atoms with van der Waals surface area (Å²) >= 11 is 0. The van der Waals surface area contributed by atoms with Gasteiger partial charge < -0.3 is 29.3 Å². The second kappa shape index (κ2) is 8.47. The summed E-state index contributed by atoms with van der Waals surface area (Å²) in [5.74, 6) is 0. The van der Waals surface area contributed by atoms with Crippen molar-refractivity contribution in [3.05, 3.63) is 84.1 Å². The van der Waals surface area contributed by atoms with Crippen LogP contribution in [0.15, 0.2) is 72.9 Å². The molecule has 0 spiro atoms. The van der Waals surface area contributed by atoms with Crippen molar-refractivity contribution in [3.63, 3.8) is 0 Å². The molecule has 1 aliphatic heterocycles. The number of hydrogen-bond donors (Lipinski definition) is 1. The summed E-state index contributed by atoms with van der Waals surface area (Å²) < 4.78 is 2.49. The molecule has 3 rings (SSSR count). The zero-order valence-electron chi connectivity index (χ0n) is 14.4. The number of hydrogen-bond acceptors (Lipinski definition) is 1. The SMILES string of the molecule is CC1(C)CC(=[N+](Cc2ccccc2)Cc2ccccc2)C=CN1.[I-]. The average molecular weight is 432 g/mol. The largest absolute Gasteiger partial charge is 1.00 e. The van der Waals surface area contributed by atoms with Gasteiger partial charge in [0.2, 0.25) is 0 Å². The van der Waals surface area contributed by atoms with Crippen LogP contribution in [0, 0.1) is 0 Å². The fourth-order valence-corrected chi connectivity index (χ4v) is 3.01. The van der Waals surface area contributed by atoms with Gasteiger partial charge in [0.1, 0.15) is 0 Å². The summed E-state index contributed by atoms with van der Waals surface area (Å²) in [6.07, 6.45) is 5.34. The summed E-state index contributed by atoms with van der Waals surface area (Å²) in [5, 5.41) is 3.44.